The number of amides is 1. The Morgan fingerprint density at radius 3 is 2.76 bits per heavy atom. The minimum absolute atomic E-state index is 0.147. The van der Waals surface area contributed by atoms with Crippen molar-refractivity contribution in [2.24, 2.45) is 5.92 Å². The van der Waals surface area contributed by atoms with E-state index in [0.717, 1.165) is 24.6 Å². The molecule has 0 bridgehead atoms. The number of benzene rings is 1. The van der Waals surface area contributed by atoms with Gasteiger partial charge in [-0.25, -0.2) is 0 Å². The second kappa shape index (κ2) is 6.28. The third kappa shape index (κ3) is 4.89. The van der Waals surface area contributed by atoms with Crippen molar-refractivity contribution in [2.45, 2.75) is 25.7 Å². The van der Waals surface area contributed by atoms with Crippen LogP contribution in [0.2, 0.25) is 0 Å². The van der Waals surface area contributed by atoms with Crippen LogP contribution in [0.1, 0.15) is 25.7 Å². The fraction of sp³-hybridized carbons (Fsp3) is 0.500. The molecule has 2 rings (SSSR count). The first-order valence-corrected chi connectivity index (χ1v) is 6.29. The van der Waals surface area contributed by atoms with Crippen LogP contribution in [0, 0.1) is 5.92 Å². The summed E-state index contributed by atoms with van der Waals surface area (Å²) in [5.41, 5.74) is 0. The average Bonchev–Trinajstić information content (AvgIpc) is 3.17. The fourth-order valence-corrected chi connectivity index (χ4v) is 1.61. The lowest BCUT2D eigenvalue weighted by atomic mass is 10.3. The summed E-state index contributed by atoms with van der Waals surface area (Å²) in [6.45, 7) is 1.46. The Kier molecular flexibility index (Phi) is 4.42. The van der Waals surface area contributed by atoms with E-state index in [0.29, 0.717) is 13.0 Å². The lowest BCUT2D eigenvalue weighted by Crippen LogP contribution is -2.25. The molecule has 1 N–H and O–H groups in total. The Morgan fingerprint density at radius 1 is 1.29 bits per heavy atom. The van der Waals surface area contributed by atoms with Gasteiger partial charge in [0.05, 0.1) is 6.61 Å². The van der Waals surface area contributed by atoms with Crippen molar-refractivity contribution in [1.82, 2.24) is 5.32 Å². The van der Waals surface area contributed by atoms with Crippen LogP contribution in [0.15, 0.2) is 30.3 Å². The van der Waals surface area contributed by atoms with Gasteiger partial charge >= 0.3 is 0 Å². The fourth-order valence-electron chi connectivity index (χ4n) is 1.61. The van der Waals surface area contributed by atoms with Gasteiger partial charge in [-0.3, -0.25) is 4.79 Å². The van der Waals surface area contributed by atoms with E-state index in [2.05, 4.69) is 5.32 Å². The SMILES string of the molecule is O=C(CCCOc1ccccc1)NCC1CC1. The molecule has 92 valence electrons. The number of carbonyl (C=O) groups excluding carboxylic acids is 1. The van der Waals surface area contributed by atoms with Gasteiger partial charge < -0.3 is 10.1 Å². The van der Waals surface area contributed by atoms with E-state index < -0.39 is 0 Å². The van der Waals surface area contributed by atoms with Crippen molar-refractivity contribution >= 4 is 5.91 Å². The number of carbonyl (C=O) groups is 1. The highest BCUT2D eigenvalue weighted by Gasteiger charge is 2.21. The molecule has 17 heavy (non-hydrogen) atoms. The van der Waals surface area contributed by atoms with Gasteiger partial charge in [-0.05, 0) is 37.3 Å². The van der Waals surface area contributed by atoms with E-state index in [1.54, 1.807) is 0 Å². The van der Waals surface area contributed by atoms with Crippen molar-refractivity contribution in [3.05, 3.63) is 30.3 Å². The molecular formula is C14H19NO2. The highest BCUT2D eigenvalue weighted by atomic mass is 16.5. The summed E-state index contributed by atoms with van der Waals surface area (Å²) in [5, 5.41) is 2.95. The van der Waals surface area contributed by atoms with Crippen molar-refractivity contribution in [2.75, 3.05) is 13.2 Å². The second-order valence-corrected chi connectivity index (χ2v) is 4.51. The van der Waals surface area contributed by atoms with Gasteiger partial charge in [0.25, 0.3) is 0 Å². The maximum Gasteiger partial charge on any atom is 0.220 e. The first-order valence-electron chi connectivity index (χ1n) is 6.29. The highest BCUT2D eigenvalue weighted by Crippen LogP contribution is 2.27. The molecule has 0 spiro atoms. The maximum absolute atomic E-state index is 11.4. The standard InChI is InChI=1S/C14H19NO2/c16-14(15-11-12-8-9-12)7-4-10-17-13-5-2-1-3-6-13/h1-3,5-6,12H,4,7-11H2,(H,15,16). The Labute approximate surface area is 102 Å². The van der Waals surface area contributed by atoms with Gasteiger partial charge in [0.1, 0.15) is 5.75 Å². The monoisotopic (exact) mass is 233 g/mol. The minimum atomic E-state index is 0.147. The van der Waals surface area contributed by atoms with E-state index in [1.807, 2.05) is 30.3 Å². The quantitative estimate of drug-likeness (QED) is 0.734. The van der Waals surface area contributed by atoms with Gasteiger partial charge in [-0.2, -0.15) is 0 Å². The van der Waals surface area contributed by atoms with Gasteiger partial charge in [0.2, 0.25) is 5.91 Å². The van der Waals surface area contributed by atoms with Crippen molar-refractivity contribution < 1.29 is 9.53 Å². The van der Waals surface area contributed by atoms with Crippen LogP contribution >= 0.6 is 0 Å². The molecule has 1 amide bonds. The Hall–Kier alpha value is -1.51. The van der Waals surface area contributed by atoms with Gasteiger partial charge in [0.15, 0.2) is 0 Å². The van der Waals surface area contributed by atoms with Crippen molar-refractivity contribution in [1.29, 1.82) is 0 Å². The predicted octanol–water partition coefficient (Wildman–Crippen LogP) is 2.37. The third-order valence-electron chi connectivity index (χ3n) is 2.84. The number of nitrogens with one attached hydrogen (secondary N) is 1. The maximum atomic E-state index is 11.4. The summed E-state index contributed by atoms with van der Waals surface area (Å²) in [6, 6.07) is 9.69. The molecule has 3 heteroatoms. The van der Waals surface area contributed by atoms with Crippen molar-refractivity contribution in [3.63, 3.8) is 0 Å². The molecule has 0 radical (unpaired) electrons. The number of hydrogen-bond acceptors (Lipinski definition) is 2. The summed E-state index contributed by atoms with van der Waals surface area (Å²) in [4.78, 5) is 11.4. The van der Waals surface area contributed by atoms with Gasteiger partial charge in [-0.15, -0.1) is 0 Å². The summed E-state index contributed by atoms with van der Waals surface area (Å²) in [7, 11) is 0. The topological polar surface area (TPSA) is 38.3 Å². The molecular weight excluding hydrogens is 214 g/mol. The van der Waals surface area contributed by atoms with E-state index in [1.165, 1.54) is 12.8 Å². The summed E-state index contributed by atoms with van der Waals surface area (Å²) in [5.74, 6) is 1.76. The molecule has 0 saturated heterocycles. The highest BCUT2D eigenvalue weighted by molar-refractivity contribution is 5.75. The minimum Gasteiger partial charge on any atom is -0.494 e. The Morgan fingerprint density at radius 2 is 2.06 bits per heavy atom. The molecule has 3 nitrogen and oxygen atoms in total. The molecule has 1 aromatic carbocycles. The molecule has 1 fully saturated rings. The van der Waals surface area contributed by atoms with Crippen LogP contribution < -0.4 is 10.1 Å². The predicted molar refractivity (Wildman–Crippen MR) is 66.9 cm³/mol. The molecule has 0 unspecified atom stereocenters. The summed E-state index contributed by atoms with van der Waals surface area (Å²) in [6.07, 6.45) is 3.87. The first kappa shape index (κ1) is 12.0. The molecule has 1 saturated carbocycles. The number of ether oxygens (including phenoxy) is 1. The molecule has 1 aliphatic carbocycles. The molecule has 0 aromatic heterocycles. The third-order valence-corrected chi connectivity index (χ3v) is 2.84. The number of rotatable bonds is 7. The Balaban J connectivity index is 1.51. The van der Waals surface area contributed by atoms with E-state index in [-0.39, 0.29) is 5.91 Å². The van der Waals surface area contributed by atoms with Crippen LogP contribution in [-0.4, -0.2) is 19.1 Å². The lowest BCUT2D eigenvalue weighted by molar-refractivity contribution is -0.121. The van der Waals surface area contributed by atoms with Crippen LogP contribution in [-0.2, 0) is 4.79 Å². The molecule has 1 aromatic rings. The molecule has 0 aliphatic heterocycles. The van der Waals surface area contributed by atoms with Gasteiger partial charge in [0, 0.05) is 13.0 Å². The van der Waals surface area contributed by atoms with Crippen LogP contribution in [0.3, 0.4) is 0 Å². The zero-order valence-corrected chi connectivity index (χ0v) is 10.0. The molecule has 0 heterocycles. The lowest BCUT2D eigenvalue weighted by Gasteiger charge is -2.06. The molecule has 1 aliphatic rings. The van der Waals surface area contributed by atoms with E-state index in [9.17, 15) is 4.79 Å². The smallest absolute Gasteiger partial charge is 0.220 e. The summed E-state index contributed by atoms with van der Waals surface area (Å²) >= 11 is 0. The van der Waals surface area contributed by atoms with Crippen molar-refractivity contribution in [3.8, 4) is 5.75 Å². The van der Waals surface area contributed by atoms with E-state index in [4.69, 9.17) is 4.74 Å². The zero-order chi connectivity index (χ0) is 11.9. The Bertz CT molecular complexity index is 346. The van der Waals surface area contributed by atoms with Crippen LogP contribution in [0.5, 0.6) is 5.75 Å². The summed E-state index contributed by atoms with van der Waals surface area (Å²) < 4.78 is 5.51. The molecule has 0 atom stereocenters. The van der Waals surface area contributed by atoms with E-state index >= 15 is 0 Å². The number of hydrogen-bond donors (Lipinski definition) is 1. The second-order valence-electron chi connectivity index (χ2n) is 4.51. The van der Waals surface area contributed by atoms with Gasteiger partial charge in [-0.1, -0.05) is 18.2 Å². The van der Waals surface area contributed by atoms with Crippen LogP contribution in [0.25, 0.3) is 0 Å². The number of para-hydroxylation sites is 1. The average molecular weight is 233 g/mol. The zero-order valence-electron chi connectivity index (χ0n) is 10.0. The largest absolute Gasteiger partial charge is 0.494 e. The normalized spacial score (nSPS) is 14.4. The first-order chi connectivity index (χ1) is 8.34. The van der Waals surface area contributed by atoms with Crippen LogP contribution in [0.4, 0.5) is 0 Å².